The van der Waals surface area contributed by atoms with Gasteiger partial charge in [-0.05, 0) is 44.2 Å². The van der Waals surface area contributed by atoms with E-state index in [4.69, 9.17) is 13.9 Å². The molecule has 1 amide bonds. The number of ether oxygens (including phenoxy) is 2. The first kappa shape index (κ1) is 18.1. The number of carbonyl (C=O) groups is 1. The summed E-state index contributed by atoms with van der Waals surface area (Å²) in [7, 11) is 0. The van der Waals surface area contributed by atoms with Crippen LogP contribution in [0.2, 0.25) is 0 Å². The summed E-state index contributed by atoms with van der Waals surface area (Å²) in [6, 6.07) is 10.7. The molecular weight excluding hydrogens is 320 g/mol. The van der Waals surface area contributed by atoms with Crippen molar-refractivity contribution in [3.8, 4) is 17.6 Å². The van der Waals surface area contributed by atoms with Crippen LogP contribution in [0, 0.1) is 11.3 Å². The molecule has 0 aliphatic rings. The van der Waals surface area contributed by atoms with Crippen LogP contribution < -0.4 is 14.8 Å². The molecule has 0 saturated carbocycles. The van der Waals surface area contributed by atoms with Gasteiger partial charge in [0.15, 0.2) is 0 Å². The molecule has 25 heavy (non-hydrogen) atoms. The van der Waals surface area contributed by atoms with E-state index in [0.717, 1.165) is 0 Å². The summed E-state index contributed by atoms with van der Waals surface area (Å²) in [4.78, 5) is 12.2. The van der Waals surface area contributed by atoms with Crippen molar-refractivity contribution in [3.05, 3.63) is 53.5 Å². The molecule has 0 saturated heterocycles. The molecule has 0 fully saturated rings. The fourth-order valence-corrected chi connectivity index (χ4v) is 2.15. The van der Waals surface area contributed by atoms with E-state index in [9.17, 15) is 10.1 Å². The first-order valence-electron chi connectivity index (χ1n) is 8.00. The van der Waals surface area contributed by atoms with E-state index >= 15 is 0 Å². The summed E-state index contributed by atoms with van der Waals surface area (Å²) in [5.41, 5.74) is 0.617. The van der Waals surface area contributed by atoms with E-state index in [0.29, 0.717) is 36.0 Å². The zero-order valence-corrected chi connectivity index (χ0v) is 14.2. The number of carbonyl (C=O) groups excluding carboxylic acids is 1. The first-order valence-corrected chi connectivity index (χ1v) is 8.00. The molecule has 0 bridgehead atoms. The Morgan fingerprint density at radius 1 is 1.28 bits per heavy atom. The Hall–Kier alpha value is -3.20. The van der Waals surface area contributed by atoms with E-state index in [1.165, 1.54) is 12.3 Å². The molecule has 2 aromatic rings. The molecule has 0 aliphatic carbocycles. The first-order chi connectivity index (χ1) is 12.2. The lowest BCUT2D eigenvalue weighted by molar-refractivity contribution is -0.117. The summed E-state index contributed by atoms with van der Waals surface area (Å²) in [5.74, 6) is 1.36. The van der Waals surface area contributed by atoms with Crippen LogP contribution in [0.25, 0.3) is 6.08 Å². The molecule has 6 nitrogen and oxygen atoms in total. The molecule has 1 N–H and O–H groups in total. The zero-order chi connectivity index (χ0) is 18.1. The van der Waals surface area contributed by atoms with E-state index in [1.54, 1.807) is 30.3 Å². The van der Waals surface area contributed by atoms with Gasteiger partial charge < -0.3 is 19.2 Å². The smallest absolute Gasteiger partial charge is 0.262 e. The second-order valence-corrected chi connectivity index (χ2v) is 5.00. The van der Waals surface area contributed by atoms with Gasteiger partial charge in [0.1, 0.15) is 28.9 Å². The Morgan fingerprint density at radius 3 is 2.72 bits per heavy atom. The van der Waals surface area contributed by atoms with Gasteiger partial charge in [0.2, 0.25) is 0 Å². The zero-order valence-electron chi connectivity index (χ0n) is 14.2. The van der Waals surface area contributed by atoms with Crippen molar-refractivity contribution in [2.75, 3.05) is 13.2 Å². The Labute approximate surface area is 146 Å². The van der Waals surface area contributed by atoms with Crippen molar-refractivity contribution in [2.45, 2.75) is 20.4 Å². The van der Waals surface area contributed by atoms with E-state index in [1.807, 2.05) is 19.9 Å². The number of amides is 1. The highest BCUT2D eigenvalue weighted by Gasteiger charge is 2.12. The lowest BCUT2D eigenvalue weighted by Gasteiger charge is -2.11. The summed E-state index contributed by atoms with van der Waals surface area (Å²) < 4.78 is 16.2. The second kappa shape index (κ2) is 9.18. The summed E-state index contributed by atoms with van der Waals surface area (Å²) >= 11 is 0. The lowest BCUT2D eigenvalue weighted by atomic mass is 10.1. The van der Waals surface area contributed by atoms with Gasteiger partial charge in [-0.1, -0.05) is 0 Å². The molecule has 1 aromatic carbocycles. The van der Waals surface area contributed by atoms with Crippen molar-refractivity contribution >= 4 is 12.0 Å². The molecule has 1 aromatic heterocycles. The van der Waals surface area contributed by atoms with Gasteiger partial charge in [-0.15, -0.1) is 0 Å². The molecular formula is C19H20N2O4. The third-order valence-corrected chi connectivity index (χ3v) is 3.26. The van der Waals surface area contributed by atoms with Gasteiger partial charge in [0, 0.05) is 11.6 Å². The number of benzene rings is 1. The van der Waals surface area contributed by atoms with Gasteiger partial charge in [-0.25, -0.2) is 0 Å². The largest absolute Gasteiger partial charge is 0.494 e. The minimum Gasteiger partial charge on any atom is -0.494 e. The maximum absolute atomic E-state index is 12.2. The Morgan fingerprint density at radius 2 is 2.08 bits per heavy atom. The van der Waals surface area contributed by atoms with Crippen LogP contribution in [0.3, 0.4) is 0 Å². The molecule has 1 heterocycles. The van der Waals surface area contributed by atoms with Crippen LogP contribution >= 0.6 is 0 Å². The van der Waals surface area contributed by atoms with Crippen LogP contribution in [0.1, 0.15) is 25.2 Å². The summed E-state index contributed by atoms with van der Waals surface area (Å²) in [5, 5.41) is 12.0. The van der Waals surface area contributed by atoms with Crippen molar-refractivity contribution in [1.82, 2.24) is 5.32 Å². The minimum absolute atomic E-state index is 0.0170. The van der Waals surface area contributed by atoms with E-state index in [-0.39, 0.29) is 12.1 Å². The number of nitrogens with zero attached hydrogens (tertiary/aromatic N) is 1. The highest BCUT2D eigenvalue weighted by Crippen LogP contribution is 2.27. The monoisotopic (exact) mass is 340 g/mol. The Bertz CT molecular complexity index is 773. The molecule has 0 aliphatic heterocycles. The van der Waals surface area contributed by atoms with Crippen molar-refractivity contribution in [1.29, 1.82) is 5.26 Å². The maximum atomic E-state index is 12.2. The van der Waals surface area contributed by atoms with Crippen LogP contribution in [0.4, 0.5) is 0 Å². The summed E-state index contributed by atoms with van der Waals surface area (Å²) in [6.45, 7) is 4.97. The molecule has 0 spiro atoms. The molecule has 0 radical (unpaired) electrons. The average molecular weight is 340 g/mol. The third-order valence-electron chi connectivity index (χ3n) is 3.26. The molecule has 0 atom stereocenters. The van der Waals surface area contributed by atoms with Gasteiger partial charge in [-0.3, -0.25) is 4.79 Å². The van der Waals surface area contributed by atoms with Crippen LogP contribution in [-0.4, -0.2) is 19.1 Å². The Kier molecular flexibility index (Phi) is 6.66. The Balaban J connectivity index is 2.19. The molecule has 6 heteroatoms. The second-order valence-electron chi connectivity index (χ2n) is 5.00. The van der Waals surface area contributed by atoms with Crippen LogP contribution in [-0.2, 0) is 11.3 Å². The standard InChI is InChI=1S/C19H20N2O4/c1-3-23-16-8-7-14(18(11-16)24-4-2)10-15(12-20)19(22)21-13-17-6-5-9-25-17/h5-11H,3-4,13H2,1-2H3,(H,21,22)/b15-10+. The SMILES string of the molecule is CCOc1ccc(/C=C(\C#N)C(=O)NCc2ccco2)c(OCC)c1. The number of hydrogen-bond donors (Lipinski definition) is 1. The number of rotatable bonds is 8. The number of nitrogens with one attached hydrogen (secondary N) is 1. The van der Waals surface area contributed by atoms with Gasteiger partial charge in [0.05, 0.1) is 26.0 Å². The highest BCUT2D eigenvalue weighted by molar-refractivity contribution is 6.01. The third kappa shape index (κ3) is 5.15. The lowest BCUT2D eigenvalue weighted by Crippen LogP contribution is -2.23. The van der Waals surface area contributed by atoms with Crippen molar-refractivity contribution < 1.29 is 18.7 Å². The van der Waals surface area contributed by atoms with E-state index in [2.05, 4.69) is 5.32 Å². The predicted molar refractivity (Wildman–Crippen MR) is 92.9 cm³/mol. The number of hydrogen-bond acceptors (Lipinski definition) is 5. The minimum atomic E-state index is -0.477. The van der Waals surface area contributed by atoms with Gasteiger partial charge in [-0.2, -0.15) is 5.26 Å². The molecule has 2 rings (SSSR count). The van der Waals surface area contributed by atoms with Crippen LogP contribution in [0.15, 0.2) is 46.6 Å². The maximum Gasteiger partial charge on any atom is 0.262 e. The normalized spacial score (nSPS) is 10.8. The fourth-order valence-electron chi connectivity index (χ4n) is 2.15. The average Bonchev–Trinajstić information content (AvgIpc) is 3.13. The molecule has 0 unspecified atom stereocenters. The fraction of sp³-hybridized carbons (Fsp3) is 0.263. The molecule has 130 valence electrons. The topological polar surface area (TPSA) is 84.5 Å². The quantitative estimate of drug-likeness (QED) is 0.589. The van der Waals surface area contributed by atoms with Crippen molar-refractivity contribution in [3.63, 3.8) is 0 Å². The van der Waals surface area contributed by atoms with E-state index < -0.39 is 5.91 Å². The predicted octanol–water partition coefficient (Wildman–Crippen LogP) is 3.30. The van der Waals surface area contributed by atoms with Crippen LogP contribution in [0.5, 0.6) is 11.5 Å². The summed E-state index contributed by atoms with van der Waals surface area (Å²) in [6.07, 6.45) is 3.02. The highest BCUT2D eigenvalue weighted by atomic mass is 16.5. The van der Waals surface area contributed by atoms with Gasteiger partial charge in [0.25, 0.3) is 5.91 Å². The number of furan rings is 1. The van der Waals surface area contributed by atoms with Crippen molar-refractivity contribution in [2.24, 2.45) is 0 Å². The number of nitriles is 1. The van der Waals surface area contributed by atoms with Gasteiger partial charge >= 0.3 is 0 Å².